The van der Waals surface area contributed by atoms with Crippen molar-refractivity contribution in [3.8, 4) is 0 Å². The number of furan rings is 1. The van der Waals surface area contributed by atoms with Gasteiger partial charge in [-0.1, -0.05) is 54.1 Å². The Labute approximate surface area is 161 Å². The van der Waals surface area contributed by atoms with Gasteiger partial charge >= 0.3 is 5.97 Å². The lowest BCUT2D eigenvalue weighted by atomic mass is 10.2. The maximum Gasteiger partial charge on any atom is 0.355 e. The molecule has 136 valence electrons. The van der Waals surface area contributed by atoms with Crippen LogP contribution in [0.5, 0.6) is 0 Å². The average molecular weight is 382 g/mol. The highest BCUT2D eigenvalue weighted by atomic mass is 35.5. The van der Waals surface area contributed by atoms with Gasteiger partial charge in [-0.25, -0.2) is 4.79 Å². The third-order valence-electron chi connectivity index (χ3n) is 3.61. The first-order chi connectivity index (χ1) is 13.1. The molecule has 27 heavy (non-hydrogen) atoms. The summed E-state index contributed by atoms with van der Waals surface area (Å²) in [5.74, 6) is -1.11. The molecule has 0 saturated heterocycles. The molecule has 0 fully saturated rings. The molecule has 0 radical (unpaired) electrons. The third-order valence-corrected chi connectivity index (χ3v) is 3.86. The molecule has 1 heterocycles. The Morgan fingerprint density at radius 1 is 1.00 bits per heavy atom. The Morgan fingerprint density at radius 2 is 1.74 bits per heavy atom. The number of benzene rings is 2. The van der Waals surface area contributed by atoms with Crippen molar-refractivity contribution in [2.24, 2.45) is 0 Å². The standard InChI is InChI=1S/C21H16ClNO4/c22-17-10-8-15(9-11-17)13-18(23-20(24)19-7-4-12-26-19)21(25)27-14-16-5-2-1-3-6-16/h1-13H,14H2,(H,23,24)/b18-13+. The van der Waals surface area contributed by atoms with E-state index in [-0.39, 0.29) is 18.1 Å². The number of hydrogen-bond donors (Lipinski definition) is 1. The van der Waals surface area contributed by atoms with Gasteiger partial charge < -0.3 is 14.5 Å². The summed E-state index contributed by atoms with van der Waals surface area (Å²) < 4.78 is 10.4. The molecule has 0 aliphatic carbocycles. The van der Waals surface area contributed by atoms with Gasteiger partial charge in [0.1, 0.15) is 12.3 Å². The molecule has 2 aromatic carbocycles. The molecule has 0 atom stereocenters. The summed E-state index contributed by atoms with van der Waals surface area (Å²) in [4.78, 5) is 24.8. The zero-order chi connectivity index (χ0) is 19.1. The van der Waals surface area contributed by atoms with E-state index in [1.165, 1.54) is 18.4 Å². The van der Waals surface area contributed by atoms with Crippen molar-refractivity contribution in [1.82, 2.24) is 5.32 Å². The van der Waals surface area contributed by atoms with Gasteiger partial charge in [-0.3, -0.25) is 4.79 Å². The Balaban J connectivity index is 1.78. The van der Waals surface area contributed by atoms with E-state index in [4.69, 9.17) is 20.8 Å². The molecule has 0 bridgehead atoms. The Bertz CT molecular complexity index is 932. The van der Waals surface area contributed by atoms with Crippen molar-refractivity contribution in [2.75, 3.05) is 0 Å². The molecule has 5 nitrogen and oxygen atoms in total. The van der Waals surface area contributed by atoms with Crippen molar-refractivity contribution in [3.63, 3.8) is 0 Å². The van der Waals surface area contributed by atoms with Crippen LogP contribution in [0, 0.1) is 0 Å². The van der Waals surface area contributed by atoms with E-state index < -0.39 is 11.9 Å². The van der Waals surface area contributed by atoms with E-state index in [0.29, 0.717) is 10.6 Å². The molecule has 1 aromatic heterocycles. The van der Waals surface area contributed by atoms with E-state index in [9.17, 15) is 9.59 Å². The van der Waals surface area contributed by atoms with Gasteiger partial charge in [-0.2, -0.15) is 0 Å². The maximum atomic E-state index is 12.5. The van der Waals surface area contributed by atoms with Crippen LogP contribution in [0.25, 0.3) is 6.08 Å². The van der Waals surface area contributed by atoms with Crippen molar-refractivity contribution < 1.29 is 18.7 Å². The largest absolute Gasteiger partial charge is 0.459 e. The second kappa shape index (κ2) is 8.87. The highest BCUT2D eigenvalue weighted by molar-refractivity contribution is 6.30. The first kappa shape index (κ1) is 18.5. The van der Waals surface area contributed by atoms with Crippen LogP contribution >= 0.6 is 11.6 Å². The van der Waals surface area contributed by atoms with Crippen LogP contribution in [-0.4, -0.2) is 11.9 Å². The number of halogens is 1. The van der Waals surface area contributed by atoms with Gasteiger partial charge in [0.25, 0.3) is 5.91 Å². The summed E-state index contributed by atoms with van der Waals surface area (Å²) in [6.45, 7) is 0.0915. The minimum absolute atomic E-state index is 0.00495. The molecule has 3 rings (SSSR count). The van der Waals surface area contributed by atoms with Crippen molar-refractivity contribution in [3.05, 3.63) is 101 Å². The van der Waals surface area contributed by atoms with Crippen LogP contribution in [0.3, 0.4) is 0 Å². The van der Waals surface area contributed by atoms with Gasteiger partial charge in [0, 0.05) is 5.02 Å². The van der Waals surface area contributed by atoms with Crippen LogP contribution < -0.4 is 5.32 Å². The van der Waals surface area contributed by atoms with E-state index in [2.05, 4.69) is 5.32 Å². The first-order valence-corrected chi connectivity index (χ1v) is 8.53. The molecule has 0 aliphatic rings. The summed E-state index contributed by atoms with van der Waals surface area (Å²) in [5, 5.41) is 3.11. The number of amides is 1. The van der Waals surface area contributed by atoms with Crippen LogP contribution in [-0.2, 0) is 16.1 Å². The number of esters is 1. The topological polar surface area (TPSA) is 68.5 Å². The lowest BCUT2D eigenvalue weighted by molar-refractivity contribution is -0.140. The van der Waals surface area contributed by atoms with E-state index in [1.807, 2.05) is 30.3 Å². The van der Waals surface area contributed by atoms with Gasteiger partial charge in [0.2, 0.25) is 0 Å². The van der Waals surface area contributed by atoms with Crippen LogP contribution in [0.15, 0.2) is 83.1 Å². The smallest absolute Gasteiger partial charge is 0.355 e. The fourth-order valence-corrected chi connectivity index (χ4v) is 2.39. The maximum absolute atomic E-state index is 12.5. The fourth-order valence-electron chi connectivity index (χ4n) is 2.26. The number of rotatable bonds is 6. The zero-order valence-electron chi connectivity index (χ0n) is 14.2. The monoisotopic (exact) mass is 381 g/mol. The highest BCUT2D eigenvalue weighted by Crippen LogP contribution is 2.14. The SMILES string of the molecule is O=C(OCc1ccccc1)/C(=C\c1ccc(Cl)cc1)NC(=O)c1ccco1. The molecule has 3 aromatic rings. The molecule has 1 N–H and O–H groups in total. The highest BCUT2D eigenvalue weighted by Gasteiger charge is 2.17. The third kappa shape index (κ3) is 5.33. The van der Waals surface area contributed by atoms with Crippen molar-refractivity contribution >= 4 is 29.6 Å². The second-order valence-corrected chi connectivity index (χ2v) is 6.04. The Hall–Kier alpha value is -3.31. The van der Waals surface area contributed by atoms with Crippen LogP contribution in [0.4, 0.5) is 0 Å². The lowest BCUT2D eigenvalue weighted by Crippen LogP contribution is -2.28. The normalized spacial score (nSPS) is 11.1. The van der Waals surface area contributed by atoms with Gasteiger partial charge in [-0.05, 0) is 41.5 Å². The van der Waals surface area contributed by atoms with E-state index in [1.54, 1.807) is 30.3 Å². The zero-order valence-corrected chi connectivity index (χ0v) is 15.0. The van der Waals surface area contributed by atoms with Gasteiger partial charge in [0.15, 0.2) is 5.76 Å². The molecule has 0 saturated carbocycles. The fraction of sp³-hybridized carbons (Fsp3) is 0.0476. The molecule has 6 heteroatoms. The number of ether oxygens (including phenoxy) is 1. The number of nitrogens with one attached hydrogen (secondary N) is 1. The molecular formula is C21H16ClNO4. The first-order valence-electron chi connectivity index (χ1n) is 8.15. The second-order valence-electron chi connectivity index (χ2n) is 5.60. The quantitative estimate of drug-likeness (QED) is 0.506. The number of carbonyl (C=O) groups excluding carboxylic acids is 2. The molecular weight excluding hydrogens is 366 g/mol. The number of carbonyl (C=O) groups is 2. The van der Waals surface area contributed by atoms with Gasteiger partial charge in [-0.15, -0.1) is 0 Å². The minimum Gasteiger partial charge on any atom is -0.459 e. The van der Waals surface area contributed by atoms with Crippen LogP contribution in [0.2, 0.25) is 5.02 Å². The van der Waals surface area contributed by atoms with Crippen molar-refractivity contribution in [2.45, 2.75) is 6.61 Å². The van der Waals surface area contributed by atoms with E-state index >= 15 is 0 Å². The summed E-state index contributed by atoms with van der Waals surface area (Å²) in [5.41, 5.74) is 1.52. The summed E-state index contributed by atoms with van der Waals surface area (Å²) in [6.07, 6.45) is 2.90. The van der Waals surface area contributed by atoms with Gasteiger partial charge in [0.05, 0.1) is 6.26 Å². The Kier molecular flexibility index (Phi) is 6.07. The summed E-state index contributed by atoms with van der Waals surface area (Å²) >= 11 is 5.89. The molecule has 0 spiro atoms. The minimum atomic E-state index is -0.659. The lowest BCUT2D eigenvalue weighted by Gasteiger charge is -2.10. The molecule has 0 aliphatic heterocycles. The summed E-state index contributed by atoms with van der Waals surface area (Å²) in [6, 6.07) is 19.2. The average Bonchev–Trinajstić information content (AvgIpc) is 3.23. The summed E-state index contributed by atoms with van der Waals surface area (Å²) in [7, 11) is 0. The van der Waals surface area contributed by atoms with Crippen LogP contribution in [0.1, 0.15) is 21.7 Å². The molecule has 1 amide bonds. The predicted octanol–water partition coefficient (Wildman–Crippen LogP) is 4.45. The van der Waals surface area contributed by atoms with E-state index in [0.717, 1.165) is 5.56 Å². The van der Waals surface area contributed by atoms with Crippen molar-refractivity contribution in [1.29, 1.82) is 0 Å². The molecule has 0 unspecified atom stereocenters. The number of hydrogen-bond acceptors (Lipinski definition) is 4. The Morgan fingerprint density at radius 3 is 2.41 bits per heavy atom. The predicted molar refractivity (Wildman–Crippen MR) is 102 cm³/mol.